The Hall–Kier alpha value is -1.55. The summed E-state index contributed by atoms with van der Waals surface area (Å²) in [7, 11) is 0. The number of fused-ring (bicyclic) bond motifs is 1. The molecule has 1 N–H and O–H groups in total. The van der Waals surface area contributed by atoms with Gasteiger partial charge in [0.15, 0.2) is 6.61 Å². The molecule has 0 aliphatic carbocycles. The Labute approximate surface area is 234 Å². The Kier molecular flexibility index (Phi) is 9.71. The number of imide groups is 1. The number of hydrogen-bond donors (Lipinski definition) is 1. The van der Waals surface area contributed by atoms with E-state index in [0.717, 1.165) is 4.90 Å². The molecule has 0 aromatic heterocycles. The summed E-state index contributed by atoms with van der Waals surface area (Å²) in [6.07, 6.45) is 1.46. The van der Waals surface area contributed by atoms with E-state index in [9.17, 15) is 19.2 Å². The fourth-order valence-corrected chi connectivity index (χ4v) is 4.75. The molecule has 0 bridgehead atoms. The maximum absolute atomic E-state index is 12.7. The summed E-state index contributed by atoms with van der Waals surface area (Å²) in [4.78, 5) is 50.2. The SMILES string of the molecule is O=C(COC(=O)CCCCCN1C(=O)c2c(Cl)c(Cl)c(Cl)c(Cl)c2C1=O)Nc1ccc(Br)c(Cl)c1. The normalized spacial score (nSPS) is 12.7. The van der Waals surface area contributed by atoms with Crippen molar-refractivity contribution in [3.05, 3.63) is 58.9 Å². The molecular weight excluding hydrogens is 629 g/mol. The summed E-state index contributed by atoms with van der Waals surface area (Å²) in [5.41, 5.74) is 0.339. The van der Waals surface area contributed by atoms with E-state index in [0.29, 0.717) is 34.4 Å². The zero-order chi connectivity index (χ0) is 25.9. The molecule has 0 saturated carbocycles. The number of halogens is 6. The van der Waals surface area contributed by atoms with Gasteiger partial charge in [-0.15, -0.1) is 0 Å². The maximum Gasteiger partial charge on any atom is 0.306 e. The molecule has 2 aromatic carbocycles. The molecule has 0 saturated heterocycles. The van der Waals surface area contributed by atoms with E-state index in [1.54, 1.807) is 18.2 Å². The van der Waals surface area contributed by atoms with Gasteiger partial charge in [-0.1, -0.05) is 64.4 Å². The van der Waals surface area contributed by atoms with Gasteiger partial charge in [0.05, 0.1) is 36.2 Å². The Bertz CT molecular complexity index is 1180. The molecule has 0 radical (unpaired) electrons. The van der Waals surface area contributed by atoms with Crippen LogP contribution < -0.4 is 5.32 Å². The zero-order valence-electron chi connectivity index (χ0n) is 17.7. The molecule has 2 aromatic rings. The molecule has 1 heterocycles. The highest BCUT2D eigenvalue weighted by molar-refractivity contribution is 9.10. The van der Waals surface area contributed by atoms with Gasteiger partial charge >= 0.3 is 5.97 Å². The Morgan fingerprint density at radius 1 is 0.886 bits per heavy atom. The van der Waals surface area contributed by atoms with Gasteiger partial charge in [0.1, 0.15) is 0 Å². The molecule has 0 spiro atoms. The third-order valence-corrected chi connectivity index (χ3v) is 8.05. The third-order valence-electron chi connectivity index (χ3n) is 5.02. The van der Waals surface area contributed by atoms with E-state index in [1.807, 2.05) is 0 Å². The van der Waals surface area contributed by atoms with Crippen LogP contribution in [0.25, 0.3) is 0 Å². The first-order valence-electron chi connectivity index (χ1n) is 10.2. The highest BCUT2D eigenvalue weighted by Crippen LogP contribution is 2.44. The van der Waals surface area contributed by atoms with Crippen molar-refractivity contribution in [3.63, 3.8) is 0 Å². The van der Waals surface area contributed by atoms with Crippen LogP contribution in [0.4, 0.5) is 5.69 Å². The smallest absolute Gasteiger partial charge is 0.306 e. The van der Waals surface area contributed by atoms with Crippen LogP contribution in [0.15, 0.2) is 22.7 Å². The van der Waals surface area contributed by atoms with Crippen molar-refractivity contribution in [2.45, 2.75) is 25.7 Å². The van der Waals surface area contributed by atoms with E-state index in [1.165, 1.54) is 0 Å². The highest BCUT2D eigenvalue weighted by atomic mass is 79.9. The summed E-state index contributed by atoms with van der Waals surface area (Å²) in [5.74, 6) is -2.25. The van der Waals surface area contributed by atoms with Crippen molar-refractivity contribution < 1.29 is 23.9 Å². The second-order valence-electron chi connectivity index (χ2n) is 7.42. The number of esters is 1. The van der Waals surface area contributed by atoms with Gasteiger partial charge in [0, 0.05) is 23.1 Å². The van der Waals surface area contributed by atoms with Gasteiger partial charge in [0.2, 0.25) is 0 Å². The van der Waals surface area contributed by atoms with Crippen LogP contribution in [0.2, 0.25) is 25.1 Å². The number of nitrogens with zero attached hydrogens (tertiary/aromatic N) is 1. The predicted molar refractivity (Wildman–Crippen MR) is 139 cm³/mol. The number of hydrogen-bond acceptors (Lipinski definition) is 5. The van der Waals surface area contributed by atoms with Crippen LogP contribution in [0, 0.1) is 0 Å². The second-order valence-corrected chi connectivity index (χ2v) is 10.2. The second kappa shape index (κ2) is 12.1. The van der Waals surface area contributed by atoms with Gasteiger partial charge in [-0.25, -0.2) is 0 Å². The number of rotatable bonds is 9. The summed E-state index contributed by atoms with van der Waals surface area (Å²) in [5, 5.41) is 2.59. The first-order valence-corrected chi connectivity index (χ1v) is 12.8. The third kappa shape index (κ3) is 6.42. The first-order chi connectivity index (χ1) is 16.5. The lowest BCUT2D eigenvalue weighted by atomic mass is 10.1. The van der Waals surface area contributed by atoms with Crippen molar-refractivity contribution in [3.8, 4) is 0 Å². The fraction of sp³-hybridized carbons (Fsp3) is 0.273. The van der Waals surface area contributed by atoms with Gasteiger partial charge < -0.3 is 10.1 Å². The number of nitrogens with one attached hydrogen (secondary N) is 1. The molecule has 0 fully saturated rings. The molecule has 3 amide bonds. The van der Waals surface area contributed by atoms with Crippen LogP contribution in [0.3, 0.4) is 0 Å². The summed E-state index contributed by atoms with van der Waals surface area (Å²) >= 11 is 33.4. The van der Waals surface area contributed by atoms with Gasteiger partial charge in [-0.05, 0) is 47.0 Å². The monoisotopic (exact) mass is 642 g/mol. The Balaban J connectivity index is 1.40. The van der Waals surface area contributed by atoms with Crippen molar-refractivity contribution in [2.75, 3.05) is 18.5 Å². The lowest BCUT2D eigenvalue weighted by Crippen LogP contribution is -2.30. The number of ether oxygens (including phenoxy) is 1. The number of amides is 3. The molecule has 1 aliphatic heterocycles. The molecule has 35 heavy (non-hydrogen) atoms. The maximum atomic E-state index is 12.7. The Morgan fingerprint density at radius 3 is 2.06 bits per heavy atom. The number of carbonyl (C=O) groups is 4. The van der Waals surface area contributed by atoms with Crippen LogP contribution >= 0.6 is 73.9 Å². The molecule has 7 nitrogen and oxygen atoms in total. The lowest BCUT2D eigenvalue weighted by molar-refractivity contribution is -0.147. The van der Waals surface area contributed by atoms with E-state index >= 15 is 0 Å². The van der Waals surface area contributed by atoms with Gasteiger partial charge in [-0.3, -0.25) is 24.1 Å². The highest BCUT2D eigenvalue weighted by Gasteiger charge is 2.41. The van der Waals surface area contributed by atoms with Crippen molar-refractivity contribution in [1.82, 2.24) is 4.90 Å². The van der Waals surface area contributed by atoms with Crippen LogP contribution in [0.1, 0.15) is 46.4 Å². The van der Waals surface area contributed by atoms with Crippen LogP contribution in [0.5, 0.6) is 0 Å². The zero-order valence-corrected chi connectivity index (χ0v) is 23.1. The Morgan fingerprint density at radius 2 is 1.49 bits per heavy atom. The fourth-order valence-electron chi connectivity index (χ4n) is 3.30. The van der Waals surface area contributed by atoms with E-state index in [-0.39, 0.29) is 44.2 Å². The number of benzene rings is 2. The minimum Gasteiger partial charge on any atom is -0.456 e. The quantitative estimate of drug-likeness (QED) is 0.104. The molecular formula is C22H16BrCl5N2O5. The minimum absolute atomic E-state index is 0.0664. The van der Waals surface area contributed by atoms with Crippen molar-refractivity contribution in [1.29, 1.82) is 0 Å². The standard InChI is InChI=1S/C22H16BrCl5N2O5/c23-11-6-5-10(8-12(11)24)29-13(31)9-35-14(32)4-2-1-3-7-30-21(33)15-16(22(30)34)18(26)20(28)19(27)17(15)25/h5-6,8H,1-4,7,9H2,(H,29,31). The number of anilines is 1. The average molecular weight is 646 g/mol. The van der Waals surface area contributed by atoms with Gasteiger partial charge in [-0.2, -0.15) is 0 Å². The van der Waals surface area contributed by atoms with Gasteiger partial charge in [0.25, 0.3) is 17.7 Å². The molecule has 1 aliphatic rings. The predicted octanol–water partition coefficient (Wildman–Crippen LogP) is 7.05. The number of unbranched alkanes of at least 4 members (excludes halogenated alkanes) is 2. The average Bonchev–Trinajstić information content (AvgIpc) is 3.07. The van der Waals surface area contributed by atoms with Crippen molar-refractivity contribution >= 4 is 103 Å². The number of carbonyl (C=O) groups excluding carboxylic acids is 4. The van der Waals surface area contributed by atoms with Crippen LogP contribution in [-0.2, 0) is 14.3 Å². The minimum atomic E-state index is -0.604. The molecule has 13 heteroatoms. The molecule has 0 atom stereocenters. The topological polar surface area (TPSA) is 92.8 Å². The lowest BCUT2D eigenvalue weighted by Gasteiger charge is -2.13. The first kappa shape index (κ1) is 28.0. The van der Waals surface area contributed by atoms with E-state index in [4.69, 9.17) is 62.7 Å². The van der Waals surface area contributed by atoms with Crippen molar-refractivity contribution in [2.24, 2.45) is 0 Å². The largest absolute Gasteiger partial charge is 0.456 e. The van der Waals surface area contributed by atoms with E-state index in [2.05, 4.69) is 21.2 Å². The molecule has 3 rings (SSSR count). The van der Waals surface area contributed by atoms with Crippen LogP contribution in [-0.4, -0.2) is 41.7 Å². The molecule has 0 unspecified atom stereocenters. The summed E-state index contributed by atoms with van der Waals surface area (Å²) in [6, 6.07) is 4.89. The van der Waals surface area contributed by atoms with E-state index < -0.39 is 30.3 Å². The molecule has 186 valence electrons. The summed E-state index contributed by atoms with van der Waals surface area (Å²) < 4.78 is 5.66. The summed E-state index contributed by atoms with van der Waals surface area (Å²) in [6.45, 7) is -0.338.